The molecule has 7 atom stereocenters. The van der Waals surface area contributed by atoms with Crippen molar-refractivity contribution in [2.75, 3.05) is 13.7 Å². The maximum Gasteiger partial charge on any atom is 0.333 e. The third-order valence-electron chi connectivity index (χ3n) is 8.57. The summed E-state index contributed by atoms with van der Waals surface area (Å²) in [7, 11) is 1.43. The molecule has 0 bridgehead atoms. The molecule has 0 aromatic rings. The van der Waals surface area contributed by atoms with Crippen LogP contribution in [-0.4, -0.2) is 37.7 Å². The quantitative estimate of drug-likeness (QED) is 0.528. The number of hydrogen-bond acceptors (Lipinski definition) is 6. The van der Waals surface area contributed by atoms with Crippen molar-refractivity contribution in [2.45, 2.75) is 65.1 Å². The van der Waals surface area contributed by atoms with Gasteiger partial charge in [-0.05, 0) is 63.2 Å². The van der Waals surface area contributed by atoms with E-state index >= 15 is 0 Å². The smallest absolute Gasteiger partial charge is 0.333 e. The molecule has 0 aromatic heterocycles. The van der Waals surface area contributed by atoms with Gasteiger partial charge in [0.25, 0.3) is 0 Å². The lowest BCUT2D eigenvalue weighted by atomic mass is 9.42. The van der Waals surface area contributed by atoms with Crippen LogP contribution in [-0.2, 0) is 28.6 Å². The maximum absolute atomic E-state index is 12.8. The number of fused-ring (bicyclic) bond motifs is 4. The van der Waals surface area contributed by atoms with Gasteiger partial charge >= 0.3 is 11.9 Å². The third-order valence-corrected chi connectivity index (χ3v) is 8.57. The molecule has 0 amide bonds. The Labute approximate surface area is 172 Å². The predicted octanol–water partition coefficient (Wildman–Crippen LogP) is 3.43. The van der Waals surface area contributed by atoms with Crippen molar-refractivity contribution < 1.29 is 28.6 Å². The molecule has 0 unspecified atom stereocenters. The lowest BCUT2D eigenvalue weighted by Gasteiger charge is -2.61. The monoisotopic (exact) mass is 404 g/mol. The SMILES string of the molecule is CCO[C@@]12C[C@H]3[C@@H](CC[C@@H]4[C@]3(C=O)CCC[C@@]4(C)C(=O)OC)[C@@H](C)C1=CC(=O)O2. The van der Waals surface area contributed by atoms with Crippen LogP contribution in [0.3, 0.4) is 0 Å². The van der Waals surface area contributed by atoms with Gasteiger partial charge < -0.3 is 19.0 Å². The van der Waals surface area contributed by atoms with Crippen LogP contribution in [0.4, 0.5) is 0 Å². The number of esters is 2. The zero-order valence-corrected chi connectivity index (χ0v) is 17.9. The molecule has 4 rings (SSSR count). The van der Waals surface area contributed by atoms with E-state index in [1.807, 2.05) is 13.8 Å². The molecular formula is C23H32O6. The van der Waals surface area contributed by atoms with E-state index in [-0.39, 0.29) is 35.6 Å². The summed E-state index contributed by atoms with van der Waals surface area (Å²) < 4.78 is 17.0. The molecule has 3 saturated carbocycles. The standard InChI is InChI=1S/C23H32O6/c1-5-28-23-12-17-15(14(2)16(23)11-19(25)29-23)7-8-18-21(3,20(26)27-4)9-6-10-22(17,18)13-24/h11,13-15,17-18H,5-10,12H2,1-4H3/t14-,15+,17+,18+,21-,22+,23-/m1/s1. The van der Waals surface area contributed by atoms with Crippen LogP contribution in [0.25, 0.3) is 0 Å². The Morgan fingerprint density at radius 3 is 2.76 bits per heavy atom. The number of rotatable bonds is 4. The Kier molecular flexibility index (Phi) is 4.92. The molecule has 29 heavy (non-hydrogen) atoms. The summed E-state index contributed by atoms with van der Waals surface area (Å²) in [6.45, 7) is 6.40. The van der Waals surface area contributed by atoms with E-state index in [1.54, 1.807) is 6.08 Å². The molecule has 160 valence electrons. The van der Waals surface area contributed by atoms with Crippen molar-refractivity contribution >= 4 is 18.2 Å². The molecular weight excluding hydrogens is 372 g/mol. The summed E-state index contributed by atoms with van der Waals surface area (Å²) in [6.07, 6.45) is 7.25. The fourth-order valence-electron chi connectivity index (χ4n) is 7.39. The van der Waals surface area contributed by atoms with Crippen LogP contribution in [0.5, 0.6) is 0 Å². The molecule has 0 radical (unpaired) electrons. The van der Waals surface area contributed by atoms with Gasteiger partial charge in [-0.25, -0.2) is 4.79 Å². The van der Waals surface area contributed by atoms with Crippen LogP contribution in [0.1, 0.15) is 59.3 Å². The second kappa shape index (κ2) is 6.93. The lowest BCUT2D eigenvalue weighted by molar-refractivity contribution is -0.238. The molecule has 3 fully saturated rings. The van der Waals surface area contributed by atoms with Crippen LogP contribution in [0, 0.1) is 34.5 Å². The molecule has 6 nitrogen and oxygen atoms in total. The first kappa shape index (κ1) is 20.6. The molecule has 6 heteroatoms. The Hall–Kier alpha value is -1.69. The van der Waals surface area contributed by atoms with Gasteiger partial charge in [-0.1, -0.05) is 13.3 Å². The molecule has 0 N–H and O–H groups in total. The van der Waals surface area contributed by atoms with Gasteiger partial charge in [0.15, 0.2) is 0 Å². The first-order valence-electron chi connectivity index (χ1n) is 10.9. The highest BCUT2D eigenvalue weighted by Crippen LogP contribution is 2.66. The van der Waals surface area contributed by atoms with E-state index in [9.17, 15) is 14.4 Å². The molecule has 1 heterocycles. The van der Waals surface area contributed by atoms with Gasteiger partial charge in [0.2, 0.25) is 5.79 Å². The summed E-state index contributed by atoms with van der Waals surface area (Å²) in [5, 5.41) is 0. The molecule has 0 spiro atoms. The first-order chi connectivity index (χ1) is 13.8. The van der Waals surface area contributed by atoms with Gasteiger partial charge in [0.1, 0.15) is 6.29 Å². The highest BCUT2D eigenvalue weighted by atomic mass is 16.7. The van der Waals surface area contributed by atoms with Crippen molar-refractivity contribution in [3.8, 4) is 0 Å². The average molecular weight is 405 g/mol. The van der Waals surface area contributed by atoms with Gasteiger partial charge in [0.05, 0.1) is 12.5 Å². The summed E-state index contributed by atoms with van der Waals surface area (Å²) in [5.41, 5.74) is -0.372. The topological polar surface area (TPSA) is 78.9 Å². The predicted molar refractivity (Wildman–Crippen MR) is 104 cm³/mol. The number of methoxy groups -OCH3 is 1. The highest BCUT2D eigenvalue weighted by Gasteiger charge is 2.66. The van der Waals surface area contributed by atoms with Crippen LogP contribution in [0.15, 0.2) is 11.6 Å². The number of carbonyl (C=O) groups excluding carboxylic acids is 3. The Bertz CT molecular complexity index is 758. The van der Waals surface area contributed by atoms with E-state index in [2.05, 4.69) is 6.92 Å². The van der Waals surface area contributed by atoms with E-state index < -0.39 is 16.6 Å². The van der Waals surface area contributed by atoms with Crippen molar-refractivity contribution in [1.29, 1.82) is 0 Å². The second-order valence-corrected chi connectivity index (χ2v) is 9.59. The number of aldehydes is 1. The Balaban J connectivity index is 1.79. The van der Waals surface area contributed by atoms with Gasteiger partial charge in [-0.2, -0.15) is 0 Å². The van der Waals surface area contributed by atoms with E-state index in [1.165, 1.54) is 7.11 Å². The number of carbonyl (C=O) groups is 3. The summed E-state index contributed by atoms with van der Waals surface area (Å²) in [4.78, 5) is 37.8. The number of hydrogen-bond donors (Lipinski definition) is 0. The summed E-state index contributed by atoms with van der Waals surface area (Å²) in [5.74, 6) is -1.34. The third kappa shape index (κ3) is 2.67. The Morgan fingerprint density at radius 1 is 1.34 bits per heavy atom. The van der Waals surface area contributed by atoms with Crippen molar-refractivity contribution in [3.63, 3.8) is 0 Å². The van der Waals surface area contributed by atoms with Gasteiger partial charge in [-0.3, -0.25) is 4.79 Å². The van der Waals surface area contributed by atoms with E-state index in [0.717, 1.165) is 44.0 Å². The zero-order valence-electron chi connectivity index (χ0n) is 17.9. The minimum atomic E-state index is -1.07. The minimum absolute atomic E-state index is 0.00707. The first-order valence-corrected chi connectivity index (χ1v) is 10.9. The van der Waals surface area contributed by atoms with Crippen LogP contribution in [0.2, 0.25) is 0 Å². The lowest BCUT2D eigenvalue weighted by Crippen LogP contribution is -2.62. The fraction of sp³-hybridized carbons (Fsp3) is 0.783. The molecule has 4 aliphatic rings. The molecule has 0 saturated heterocycles. The highest BCUT2D eigenvalue weighted by molar-refractivity contribution is 5.87. The van der Waals surface area contributed by atoms with Crippen LogP contribution < -0.4 is 0 Å². The second-order valence-electron chi connectivity index (χ2n) is 9.59. The normalized spacial score (nSPS) is 45.9. The summed E-state index contributed by atoms with van der Waals surface area (Å²) >= 11 is 0. The summed E-state index contributed by atoms with van der Waals surface area (Å²) in [6, 6.07) is 0. The fourth-order valence-corrected chi connectivity index (χ4v) is 7.39. The Morgan fingerprint density at radius 2 is 2.10 bits per heavy atom. The molecule has 3 aliphatic carbocycles. The van der Waals surface area contributed by atoms with E-state index in [4.69, 9.17) is 14.2 Å². The van der Waals surface area contributed by atoms with Crippen molar-refractivity contribution in [1.82, 2.24) is 0 Å². The molecule has 0 aromatic carbocycles. The minimum Gasteiger partial charge on any atom is -0.469 e. The van der Waals surface area contributed by atoms with Crippen molar-refractivity contribution in [2.24, 2.45) is 34.5 Å². The average Bonchev–Trinajstić information content (AvgIpc) is 3.04. The van der Waals surface area contributed by atoms with Gasteiger partial charge in [0, 0.05) is 30.1 Å². The van der Waals surface area contributed by atoms with Gasteiger partial charge in [-0.15, -0.1) is 0 Å². The van der Waals surface area contributed by atoms with Crippen molar-refractivity contribution in [3.05, 3.63) is 11.6 Å². The maximum atomic E-state index is 12.8. The largest absolute Gasteiger partial charge is 0.469 e. The van der Waals surface area contributed by atoms with E-state index in [0.29, 0.717) is 13.0 Å². The zero-order chi connectivity index (χ0) is 21.0. The van der Waals surface area contributed by atoms with Crippen LogP contribution >= 0.6 is 0 Å². The molecule has 1 aliphatic heterocycles. The number of ether oxygens (including phenoxy) is 3.